The summed E-state index contributed by atoms with van der Waals surface area (Å²) in [6, 6.07) is 6.90. The highest BCUT2D eigenvalue weighted by atomic mass is 35.5. The minimum absolute atomic E-state index is 0. The number of nitrogens with one attached hydrogen (secondary N) is 1. The normalized spacial score (nSPS) is 18.7. The standard InChI is InChI=1S/C18H27N3O2.ClH/c1-12(2)16(18(23)21-9-5-8-15(19)11-21)20-17(22)14-7-4-6-13(3)10-14;/h4,6-7,10,12,15-16H,5,8-9,11,19H2,1-3H3,(H,20,22);1H. The topological polar surface area (TPSA) is 75.4 Å². The molecule has 0 aromatic heterocycles. The zero-order chi connectivity index (χ0) is 17.0. The summed E-state index contributed by atoms with van der Waals surface area (Å²) in [5, 5.41) is 2.90. The second kappa shape index (κ2) is 9.04. The molecule has 1 aromatic rings. The minimum atomic E-state index is -0.520. The second-order valence-corrected chi connectivity index (χ2v) is 6.75. The summed E-state index contributed by atoms with van der Waals surface area (Å²) in [6.07, 6.45) is 1.87. The molecular weight excluding hydrogens is 326 g/mol. The van der Waals surface area contributed by atoms with Crippen molar-refractivity contribution in [1.82, 2.24) is 10.2 Å². The molecule has 2 unspecified atom stereocenters. The summed E-state index contributed by atoms with van der Waals surface area (Å²) in [6.45, 7) is 7.13. The summed E-state index contributed by atoms with van der Waals surface area (Å²) in [4.78, 5) is 27.0. The van der Waals surface area contributed by atoms with E-state index in [0.717, 1.165) is 24.9 Å². The van der Waals surface area contributed by atoms with Crippen molar-refractivity contribution in [1.29, 1.82) is 0 Å². The number of halogens is 1. The Labute approximate surface area is 150 Å². The molecule has 1 aromatic carbocycles. The lowest BCUT2D eigenvalue weighted by molar-refractivity contribution is -0.135. The monoisotopic (exact) mass is 353 g/mol. The fourth-order valence-electron chi connectivity index (χ4n) is 2.93. The lowest BCUT2D eigenvalue weighted by Gasteiger charge is -2.34. The molecule has 2 rings (SSSR count). The molecule has 5 nitrogen and oxygen atoms in total. The Kier molecular flexibility index (Phi) is 7.70. The van der Waals surface area contributed by atoms with Gasteiger partial charge in [0.15, 0.2) is 0 Å². The van der Waals surface area contributed by atoms with Crippen molar-refractivity contribution in [2.75, 3.05) is 13.1 Å². The van der Waals surface area contributed by atoms with Crippen molar-refractivity contribution < 1.29 is 9.59 Å². The van der Waals surface area contributed by atoms with Gasteiger partial charge in [-0.15, -0.1) is 12.4 Å². The first-order chi connectivity index (χ1) is 10.9. The Balaban J connectivity index is 0.00000288. The molecule has 1 aliphatic heterocycles. The molecule has 1 heterocycles. The Morgan fingerprint density at radius 3 is 2.62 bits per heavy atom. The lowest BCUT2D eigenvalue weighted by Crippen LogP contribution is -2.55. The molecular formula is C18H28ClN3O2. The predicted molar refractivity (Wildman–Crippen MR) is 98.3 cm³/mol. The number of amides is 2. The van der Waals surface area contributed by atoms with Crippen LogP contribution in [0.4, 0.5) is 0 Å². The molecule has 24 heavy (non-hydrogen) atoms. The third-order valence-electron chi connectivity index (χ3n) is 4.27. The van der Waals surface area contributed by atoms with Gasteiger partial charge in [-0.3, -0.25) is 9.59 Å². The van der Waals surface area contributed by atoms with Crippen LogP contribution >= 0.6 is 12.4 Å². The van der Waals surface area contributed by atoms with Gasteiger partial charge in [0, 0.05) is 24.7 Å². The fraction of sp³-hybridized carbons (Fsp3) is 0.556. The van der Waals surface area contributed by atoms with E-state index in [-0.39, 0.29) is 36.2 Å². The number of carbonyl (C=O) groups excluding carboxylic acids is 2. The van der Waals surface area contributed by atoms with Gasteiger partial charge in [0.05, 0.1) is 0 Å². The van der Waals surface area contributed by atoms with Gasteiger partial charge >= 0.3 is 0 Å². The number of aryl methyl sites for hydroxylation is 1. The maximum Gasteiger partial charge on any atom is 0.251 e. The van der Waals surface area contributed by atoms with Crippen LogP contribution in [-0.4, -0.2) is 41.9 Å². The van der Waals surface area contributed by atoms with Crippen LogP contribution in [0, 0.1) is 12.8 Å². The highest BCUT2D eigenvalue weighted by Crippen LogP contribution is 2.14. The van der Waals surface area contributed by atoms with Gasteiger partial charge in [-0.1, -0.05) is 31.5 Å². The SMILES string of the molecule is Cc1cccc(C(=O)NC(C(=O)N2CCCC(N)C2)C(C)C)c1.Cl. The minimum Gasteiger partial charge on any atom is -0.340 e. The van der Waals surface area contributed by atoms with Crippen molar-refractivity contribution in [2.24, 2.45) is 11.7 Å². The van der Waals surface area contributed by atoms with Gasteiger partial charge in [-0.2, -0.15) is 0 Å². The number of nitrogens with zero attached hydrogens (tertiary/aromatic N) is 1. The van der Waals surface area contributed by atoms with Crippen molar-refractivity contribution >= 4 is 24.2 Å². The van der Waals surface area contributed by atoms with E-state index in [0.29, 0.717) is 12.1 Å². The van der Waals surface area contributed by atoms with Crippen molar-refractivity contribution in [3.8, 4) is 0 Å². The van der Waals surface area contributed by atoms with Crippen molar-refractivity contribution in [3.05, 3.63) is 35.4 Å². The van der Waals surface area contributed by atoms with Crippen LogP contribution in [0.2, 0.25) is 0 Å². The molecule has 2 amide bonds. The highest BCUT2D eigenvalue weighted by molar-refractivity contribution is 5.97. The van der Waals surface area contributed by atoms with Crippen LogP contribution in [0.3, 0.4) is 0 Å². The molecule has 2 atom stereocenters. The molecule has 0 saturated carbocycles. The molecule has 1 saturated heterocycles. The van der Waals surface area contributed by atoms with Crippen LogP contribution in [0.25, 0.3) is 0 Å². The van der Waals surface area contributed by atoms with E-state index in [1.165, 1.54) is 0 Å². The largest absolute Gasteiger partial charge is 0.340 e. The number of benzene rings is 1. The number of carbonyl (C=O) groups is 2. The van der Waals surface area contributed by atoms with E-state index in [1.54, 1.807) is 11.0 Å². The zero-order valence-electron chi connectivity index (χ0n) is 14.6. The maximum atomic E-state index is 12.8. The van der Waals surface area contributed by atoms with Crippen molar-refractivity contribution in [3.63, 3.8) is 0 Å². The van der Waals surface area contributed by atoms with E-state index in [4.69, 9.17) is 5.73 Å². The average molecular weight is 354 g/mol. The first-order valence-corrected chi connectivity index (χ1v) is 8.30. The third-order valence-corrected chi connectivity index (χ3v) is 4.27. The number of nitrogens with two attached hydrogens (primary N) is 1. The molecule has 1 fully saturated rings. The van der Waals surface area contributed by atoms with Gasteiger partial charge in [-0.05, 0) is 37.8 Å². The maximum absolute atomic E-state index is 12.8. The average Bonchev–Trinajstić information content (AvgIpc) is 2.51. The predicted octanol–water partition coefficient (Wildman–Crippen LogP) is 2.12. The number of hydrogen-bond acceptors (Lipinski definition) is 3. The van der Waals surface area contributed by atoms with E-state index < -0.39 is 6.04 Å². The Morgan fingerprint density at radius 1 is 1.33 bits per heavy atom. The molecule has 0 spiro atoms. The van der Waals surface area contributed by atoms with E-state index in [1.807, 2.05) is 39.0 Å². The first kappa shape index (κ1) is 20.5. The fourth-order valence-corrected chi connectivity index (χ4v) is 2.93. The first-order valence-electron chi connectivity index (χ1n) is 8.30. The molecule has 134 valence electrons. The third kappa shape index (κ3) is 5.21. The van der Waals surface area contributed by atoms with E-state index in [9.17, 15) is 9.59 Å². The van der Waals surface area contributed by atoms with Crippen molar-refractivity contribution in [2.45, 2.75) is 45.7 Å². The summed E-state index contributed by atoms with van der Waals surface area (Å²) in [5.41, 5.74) is 7.57. The van der Waals surface area contributed by atoms with Crippen LogP contribution in [-0.2, 0) is 4.79 Å². The summed E-state index contributed by atoms with van der Waals surface area (Å²) < 4.78 is 0. The second-order valence-electron chi connectivity index (χ2n) is 6.75. The lowest BCUT2D eigenvalue weighted by atomic mass is 9.99. The number of piperidine rings is 1. The number of rotatable bonds is 4. The smallest absolute Gasteiger partial charge is 0.251 e. The molecule has 0 bridgehead atoms. The molecule has 0 radical (unpaired) electrons. The summed E-state index contributed by atoms with van der Waals surface area (Å²) in [5.74, 6) is -0.215. The Bertz CT molecular complexity index is 577. The Hall–Kier alpha value is -1.59. The number of hydrogen-bond donors (Lipinski definition) is 2. The van der Waals surface area contributed by atoms with E-state index in [2.05, 4.69) is 5.32 Å². The molecule has 1 aliphatic rings. The molecule has 0 aliphatic carbocycles. The van der Waals surface area contributed by atoms with Crippen LogP contribution in [0.1, 0.15) is 42.6 Å². The van der Waals surface area contributed by atoms with Gasteiger partial charge in [0.25, 0.3) is 5.91 Å². The summed E-state index contributed by atoms with van der Waals surface area (Å²) in [7, 11) is 0. The van der Waals surface area contributed by atoms with Gasteiger partial charge in [0.1, 0.15) is 6.04 Å². The zero-order valence-corrected chi connectivity index (χ0v) is 15.4. The highest BCUT2D eigenvalue weighted by Gasteiger charge is 2.31. The molecule has 3 N–H and O–H groups in total. The number of likely N-dealkylation sites (tertiary alicyclic amines) is 1. The van der Waals surface area contributed by atoms with Crippen LogP contribution in [0.15, 0.2) is 24.3 Å². The molecule has 6 heteroatoms. The Morgan fingerprint density at radius 2 is 2.04 bits per heavy atom. The van der Waals surface area contributed by atoms with Gasteiger partial charge in [0.2, 0.25) is 5.91 Å². The quantitative estimate of drug-likeness (QED) is 0.870. The summed E-state index contributed by atoms with van der Waals surface area (Å²) >= 11 is 0. The van der Waals surface area contributed by atoms with Crippen LogP contribution in [0.5, 0.6) is 0 Å². The van der Waals surface area contributed by atoms with Crippen LogP contribution < -0.4 is 11.1 Å². The van der Waals surface area contributed by atoms with Gasteiger partial charge < -0.3 is 16.0 Å². The van der Waals surface area contributed by atoms with Gasteiger partial charge in [-0.25, -0.2) is 0 Å². The van der Waals surface area contributed by atoms with E-state index >= 15 is 0 Å².